The number of hydrogen-bond acceptors (Lipinski definition) is 6. The molecule has 0 saturated heterocycles. The third-order valence-electron chi connectivity index (χ3n) is 4.16. The van der Waals surface area contributed by atoms with Gasteiger partial charge in [-0.3, -0.25) is 9.36 Å². The van der Waals surface area contributed by atoms with Crippen molar-refractivity contribution in [3.63, 3.8) is 0 Å². The lowest BCUT2D eigenvalue weighted by molar-refractivity contribution is -0.119. The third kappa shape index (κ3) is 4.74. The number of carbonyl (C=O) groups is 1. The summed E-state index contributed by atoms with van der Waals surface area (Å²) in [5, 5.41) is 14.4. The van der Waals surface area contributed by atoms with Crippen LogP contribution in [0.4, 0.5) is 0 Å². The van der Waals surface area contributed by atoms with Crippen molar-refractivity contribution in [2.45, 2.75) is 37.9 Å². The number of nitrogens with one attached hydrogen (secondary N) is 1. The smallest absolute Gasteiger partial charge is 0.230 e. The van der Waals surface area contributed by atoms with Gasteiger partial charge in [-0.25, -0.2) is 0 Å². The van der Waals surface area contributed by atoms with E-state index in [-0.39, 0.29) is 17.7 Å². The highest BCUT2D eigenvalue weighted by molar-refractivity contribution is 7.99. The number of thiophene rings is 1. The van der Waals surface area contributed by atoms with Crippen molar-refractivity contribution in [1.29, 1.82) is 0 Å². The summed E-state index contributed by atoms with van der Waals surface area (Å²) in [6.45, 7) is 4.14. The van der Waals surface area contributed by atoms with Gasteiger partial charge in [0.2, 0.25) is 5.91 Å². The average Bonchev–Trinajstić information content (AvgIpc) is 3.36. The second-order valence-corrected chi connectivity index (χ2v) is 8.23. The molecule has 0 aliphatic heterocycles. The monoisotopic (exact) mass is 416 g/mol. The maximum atomic E-state index is 12.3. The normalized spacial score (nSPS) is 12.0. The molecule has 0 bridgehead atoms. The number of ether oxygens (including phenoxy) is 1. The van der Waals surface area contributed by atoms with Crippen LogP contribution in [-0.4, -0.2) is 39.6 Å². The molecule has 0 unspecified atom stereocenters. The number of benzene rings is 1. The number of thioether (sulfide) groups is 1. The van der Waals surface area contributed by atoms with Crippen LogP contribution >= 0.6 is 23.1 Å². The van der Waals surface area contributed by atoms with Crippen molar-refractivity contribution < 1.29 is 9.53 Å². The van der Waals surface area contributed by atoms with Crippen LogP contribution in [0.15, 0.2) is 46.9 Å². The van der Waals surface area contributed by atoms with Gasteiger partial charge in [-0.1, -0.05) is 43.3 Å². The molecule has 0 aliphatic carbocycles. The Kier molecular flexibility index (Phi) is 7.11. The Morgan fingerprint density at radius 2 is 2.11 bits per heavy atom. The van der Waals surface area contributed by atoms with Crippen LogP contribution in [0.1, 0.15) is 26.7 Å². The van der Waals surface area contributed by atoms with Crippen molar-refractivity contribution >= 4 is 29.0 Å². The number of hydrogen-bond donors (Lipinski definition) is 1. The Bertz CT molecular complexity index is 909. The van der Waals surface area contributed by atoms with Crippen LogP contribution in [0.5, 0.6) is 5.75 Å². The summed E-state index contributed by atoms with van der Waals surface area (Å²) >= 11 is 2.97. The van der Waals surface area contributed by atoms with Crippen LogP contribution in [0.25, 0.3) is 16.4 Å². The molecule has 8 heteroatoms. The zero-order valence-electron chi connectivity index (χ0n) is 16.2. The molecule has 1 amide bonds. The summed E-state index contributed by atoms with van der Waals surface area (Å²) in [6.07, 6.45) is 2.01. The Labute approximate surface area is 173 Å². The van der Waals surface area contributed by atoms with E-state index in [1.165, 1.54) is 11.8 Å². The quantitative estimate of drug-likeness (QED) is 0.524. The van der Waals surface area contributed by atoms with Crippen molar-refractivity contribution in [3.05, 3.63) is 41.8 Å². The maximum Gasteiger partial charge on any atom is 0.230 e. The van der Waals surface area contributed by atoms with Gasteiger partial charge < -0.3 is 10.1 Å². The van der Waals surface area contributed by atoms with Gasteiger partial charge in [-0.15, -0.1) is 21.5 Å². The van der Waals surface area contributed by atoms with E-state index in [2.05, 4.69) is 22.4 Å². The minimum absolute atomic E-state index is 0.00167. The number of para-hydroxylation sites is 2. The SMILES string of the molecule is CCC[C@H](C)NC(=O)CSc1nnc(-c2cccs2)n1-c1ccccc1OC. The topological polar surface area (TPSA) is 69.0 Å². The fourth-order valence-corrected chi connectivity index (χ4v) is 4.37. The molecule has 0 saturated carbocycles. The van der Waals surface area contributed by atoms with E-state index in [0.717, 1.165) is 35.0 Å². The lowest BCUT2D eigenvalue weighted by Gasteiger charge is -2.14. The van der Waals surface area contributed by atoms with Gasteiger partial charge in [0.05, 0.1) is 23.4 Å². The molecular formula is C20H24N4O2S2. The lowest BCUT2D eigenvalue weighted by atomic mass is 10.2. The Balaban J connectivity index is 1.89. The number of carbonyl (C=O) groups excluding carboxylic acids is 1. The van der Waals surface area contributed by atoms with Crippen LogP contribution in [0.3, 0.4) is 0 Å². The first-order valence-corrected chi connectivity index (χ1v) is 11.1. The van der Waals surface area contributed by atoms with Crippen LogP contribution in [-0.2, 0) is 4.79 Å². The van der Waals surface area contributed by atoms with Gasteiger partial charge in [-0.05, 0) is 36.9 Å². The van der Waals surface area contributed by atoms with Crippen LogP contribution in [0.2, 0.25) is 0 Å². The average molecular weight is 417 g/mol. The van der Waals surface area contributed by atoms with E-state index in [1.807, 2.05) is 53.3 Å². The first-order chi connectivity index (χ1) is 13.6. The first-order valence-electron chi connectivity index (χ1n) is 9.18. The van der Waals surface area contributed by atoms with Crippen molar-refractivity contribution in [2.24, 2.45) is 0 Å². The fraction of sp³-hybridized carbons (Fsp3) is 0.350. The Morgan fingerprint density at radius 1 is 1.29 bits per heavy atom. The maximum absolute atomic E-state index is 12.3. The van der Waals surface area contributed by atoms with Gasteiger partial charge in [0.1, 0.15) is 5.75 Å². The van der Waals surface area contributed by atoms with E-state index in [9.17, 15) is 4.79 Å². The standard InChI is InChI=1S/C20H24N4O2S2/c1-4-8-14(2)21-18(25)13-28-20-23-22-19(17-11-7-12-27-17)24(20)15-9-5-6-10-16(15)26-3/h5-7,9-12,14H,4,8,13H2,1-3H3,(H,21,25)/t14-/m0/s1. The number of rotatable bonds is 9. The summed E-state index contributed by atoms with van der Waals surface area (Å²) in [4.78, 5) is 13.3. The molecule has 28 heavy (non-hydrogen) atoms. The van der Waals surface area contributed by atoms with Crippen LogP contribution in [0, 0.1) is 0 Å². The highest BCUT2D eigenvalue weighted by Crippen LogP contribution is 2.33. The molecule has 2 heterocycles. The predicted molar refractivity (Wildman–Crippen MR) is 114 cm³/mol. The van der Waals surface area contributed by atoms with Gasteiger partial charge in [-0.2, -0.15) is 0 Å². The molecule has 1 N–H and O–H groups in total. The zero-order chi connectivity index (χ0) is 19.9. The zero-order valence-corrected chi connectivity index (χ0v) is 17.8. The molecule has 148 valence electrons. The predicted octanol–water partition coefficient (Wildman–Crippen LogP) is 4.40. The molecule has 0 aliphatic rings. The number of aromatic nitrogens is 3. The van der Waals surface area contributed by atoms with Crippen molar-refractivity contribution in [3.8, 4) is 22.1 Å². The van der Waals surface area contributed by atoms with E-state index in [4.69, 9.17) is 4.74 Å². The summed E-state index contributed by atoms with van der Waals surface area (Å²) in [5.74, 6) is 1.74. The minimum Gasteiger partial charge on any atom is -0.495 e. The minimum atomic E-state index is -0.00167. The lowest BCUT2D eigenvalue weighted by Crippen LogP contribution is -2.33. The summed E-state index contributed by atoms with van der Waals surface area (Å²) in [7, 11) is 1.64. The van der Waals surface area contributed by atoms with Gasteiger partial charge in [0.25, 0.3) is 0 Å². The molecule has 0 fully saturated rings. The highest BCUT2D eigenvalue weighted by atomic mass is 32.2. The molecule has 3 rings (SSSR count). The molecule has 0 radical (unpaired) electrons. The second kappa shape index (κ2) is 9.75. The van der Waals surface area contributed by atoms with E-state index >= 15 is 0 Å². The van der Waals surface area contributed by atoms with Crippen molar-refractivity contribution in [2.75, 3.05) is 12.9 Å². The van der Waals surface area contributed by atoms with Gasteiger partial charge >= 0.3 is 0 Å². The second-order valence-electron chi connectivity index (χ2n) is 6.34. The summed E-state index contributed by atoms with van der Waals surface area (Å²) < 4.78 is 7.50. The van der Waals surface area contributed by atoms with E-state index in [1.54, 1.807) is 18.4 Å². The Hall–Kier alpha value is -2.32. The largest absolute Gasteiger partial charge is 0.495 e. The molecule has 1 atom stereocenters. The number of nitrogens with zero attached hydrogens (tertiary/aromatic N) is 3. The molecule has 3 aromatic rings. The summed E-state index contributed by atoms with van der Waals surface area (Å²) in [6, 6.07) is 11.9. The summed E-state index contributed by atoms with van der Waals surface area (Å²) in [5.41, 5.74) is 0.848. The van der Waals surface area contributed by atoms with Gasteiger partial charge in [0, 0.05) is 6.04 Å². The van der Waals surface area contributed by atoms with Crippen molar-refractivity contribution in [1.82, 2.24) is 20.1 Å². The van der Waals surface area contributed by atoms with E-state index in [0.29, 0.717) is 5.16 Å². The number of amides is 1. The highest BCUT2D eigenvalue weighted by Gasteiger charge is 2.20. The third-order valence-corrected chi connectivity index (χ3v) is 5.96. The molecule has 2 aromatic heterocycles. The Morgan fingerprint density at radius 3 is 2.82 bits per heavy atom. The first kappa shape index (κ1) is 20.4. The molecule has 6 nitrogen and oxygen atoms in total. The van der Waals surface area contributed by atoms with Gasteiger partial charge in [0.15, 0.2) is 11.0 Å². The van der Waals surface area contributed by atoms with E-state index < -0.39 is 0 Å². The molecular weight excluding hydrogens is 392 g/mol. The fourth-order valence-electron chi connectivity index (χ4n) is 2.91. The van der Waals surface area contributed by atoms with Crippen LogP contribution < -0.4 is 10.1 Å². The molecule has 0 spiro atoms. The number of methoxy groups -OCH3 is 1. The molecule has 1 aromatic carbocycles.